The first kappa shape index (κ1) is 26.2. The number of hydrogen-bond donors (Lipinski definition) is 0. The van der Waals surface area contributed by atoms with Gasteiger partial charge in [0.1, 0.15) is 11.5 Å². The van der Waals surface area contributed by atoms with Crippen molar-refractivity contribution in [2.45, 2.75) is 0 Å². The predicted octanol–water partition coefficient (Wildman–Crippen LogP) is 9.73. The Morgan fingerprint density at radius 1 is 0.383 bits per heavy atom. The monoisotopic (exact) mass is 597 g/mol. The fraction of sp³-hybridized carbons (Fsp3) is 0. The van der Waals surface area contributed by atoms with Crippen molar-refractivity contribution < 1.29 is 4.74 Å². The van der Waals surface area contributed by atoms with Crippen LogP contribution in [0.1, 0.15) is 0 Å². The van der Waals surface area contributed by atoms with Crippen LogP contribution in [0.15, 0.2) is 170 Å². The summed E-state index contributed by atoms with van der Waals surface area (Å²) in [6, 6.07) is 61.3. The summed E-state index contributed by atoms with van der Waals surface area (Å²) in [4.78, 5) is 2.40. The van der Waals surface area contributed by atoms with Gasteiger partial charge in [0.2, 0.25) is 0 Å². The molecule has 0 atom stereocenters. The van der Waals surface area contributed by atoms with Crippen LogP contribution in [0, 0.1) is 0 Å². The van der Waals surface area contributed by atoms with Gasteiger partial charge < -0.3 is 9.64 Å². The van der Waals surface area contributed by atoms with E-state index in [1.54, 1.807) is 0 Å². The summed E-state index contributed by atoms with van der Waals surface area (Å²) in [5, 5.41) is 5.06. The van der Waals surface area contributed by atoms with Crippen LogP contribution in [0.4, 0.5) is 17.1 Å². The maximum absolute atomic E-state index is 6.50. The molecular weight excluding hydrogens is 569 g/mol. The van der Waals surface area contributed by atoms with E-state index in [1.165, 1.54) is 65.9 Å². The highest BCUT2D eigenvalue weighted by Crippen LogP contribution is 2.45. The van der Waals surface area contributed by atoms with Crippen LogP contribution in [-0.2, 0) is 0 Å². The summed E-state index contributed by atoms with van der Waals surface area (Å²) in [6.07, 6.45) is 0. The first-order valence-corrected chi connectivity index (χ1v) is 16.2. The molecule has 0 fully saturated rings. The van der Waals surface area contributed by atoms with Crippen molar-refractivity contribution in [3.63, 3.8) is 0 Å². The van der Waals surface area contributed by atoms with Gasteiger partial charge in [-0.2, -0.15) is 0 Å². The summed E-state index contributed by atoms with van der Waals surface area (Å²) in [5.74, 6) is 1.87. The fourth-order valence-corrected chi connectivity index (χ4v) is 7.99. The smallest absolute Gasteiger partial charge is 0.256 e. The average molecular weight is 598 g/mol. The zero-order valence-electron chi connectivity index (χ0n) is 25.6. The molecule has 2 heterocycles. The number of fused-ring (bicyclic) bond motifs is 6. The molecule has 0 amide bonds. The van der Waals surface area contributed by atoms with Crippen molar-refractivity contribution in [2.24, 2.45) is 0 Å². The van der Waals surface area contributed by atoms with Crippen molar-refractivity contribution in [1.29, 1.82) is 0 Å². The summed E-state index contributed by atoms with van der Waals surface area (Å²) in [5.41, 5.74) is 12.2. The van der Waals surface area contributed by atoms with Crippen LogP contribution in [0.2, 0.25) is 0 Å². The summed E-state index contributed by atoms with van der Waals surface area (Å²) in [6.45, 7) is 0.124. The Morgan fingerprint density at radius 2 is 0.894 bits per heavy atom. The van der Waals surface area contributed by atoms with Gasteiger partial charge in [0, 0.05) is 17.1 Å². The number of benzene rings is 8. The van der Waals surface area contributed by atoms with Crippen LogP contribution in [-0.4, -0.2) is 6.71 Å². The zero-order chi connectivity index (χ0) is 30.9. The van der Waals surface area contributed by atoms with Crippen molar-refractivity contribution >= 4 is 61.7 Å². The molecule has 2 aliphatic heterocycles. The minimum atomic E-state index is 0.124. The van der Waals surface area contributed by atoms with Crippen molar-refractivity contribution in [3.05, 3.63) is 170 Å². The van der Waals surface area contributed by atoms with Gasteiger partial charge in [-0.15, -0.1) is 0 Å². The third-order valence-electron chi connectivity index (χ3n) is 9.92. The number of anilines is 3. The van der Waals surface area contributed by atoms with Crippen molar-refractivity contribution in [2.75, 3.05) is 4.90 Å². The predicted molar refractivity (Wildman–Crippen MR) is 198 cm³/mol. The van der Waals surface area contributed by atoms with E-state index in [4.69, 9.17) is 4.74 Å². The van der Waals surface area contributed by atoms with Crippen molar-refractivity contribution in [1.82, 2.24) is 0 Å². The lowest BCUT2D eigenvalue weighted by molar-refractivity contribution is 0.487. The molecule has 0 spiro atoms. The van der Waals surface area contributed by atoms with Crippen LogP contribution >= 0.6 is 0 Å². The minimum absolute atomic E-state index is 0.124. The number of rotatable bonds is 3. The molecule has 8 aromatic carbocycles. The molecule has 0 aromatic heterocycles. The van der Waals surface area contributed by atoms with E-state index in [0.717, 1.165) is 22.9 Å². The standard InChI is InChI=1S/C44H28BNO/c1-2-13-29(14-3-1)42-32-15-4-6-17-34(32)43(35-18-7-5-16-33(35)42)30-25-27-31(28-26-30)46-38-21-10-8-19-36(38)45-37-20-9-11-23-40(37)47-41-24-12-22-39(46)44(41)45/h1-28H. The number of para-hydroxylation sites is 2. The molecule has 3 heteroatoms. The quantitative estimate of drug-likeness (QED) is 0.149. The molecule has 0 N–H and O–H groups in total. The lowest BCUT2D eigenvalue weighted by Crippen LogP contribution is -2.59. The number of hydrogen-bond acceptors (Lipinski definition) is 2. The molecule has 218 valence electrons. The Morgan fingerprint density at radius 3 is 1.57 bits per heavy atom. The van der Waals surface area contributed by atoms with E-state index in [2.05, 4.69) is 175 Å². The molecular formula is C44H28BNO. The van der Waals surface area contributed by atoms with Gasteiger partial charge in [0.25, 0.3) is 6.71 Å². The Kier molecular flexibility index (Phi) is 5.70. The van der Waals surface area contributed by atoms with Gasteiger partial charge in [-0.3, -0.25) is 0 Å². The molecule has 8 aromatic rings. The molecule has 10 rings (SSSR count). The van der Waals surface area contributed by atoms with Crippen LogP contribution in [0.5, 0.6) is 11.5 Å². The Bertz CT molecular complexity index is 2450. The van der Waals surface area contributed by atoms with E-state index in [0.29, 0.717) is 0 Å². The highest BCUT2D eigenvalue weighted by atomic mass is 16.5. The molecule has 0 saturated carbocycles. The van der Waals surface area contributed by atoms with Gasteiger partial charge in [0.05, 0.1) is 0 Å². The Hall–Kier alpha value is -6.06. The van der Waals surface area contributed by atoms with Gasteiger partial charge in [0.15, 0.2) is 0 Å². The maximum atomic E-state index is 6.50. The Balaban J connectivity index is 1.16. The first-order chi connectivity index (χ1) is 23.3. The van der Waals surface area contributed by atoms with E-state index < -0.39 is 0 Å². The lowest BCUT2D eigenvalue weighted by atomic mass is 9.34. The molecule has 0 unspecified atom stereocenters. The number of nitrogens with zero attached hydrogens (tertiary/aromatic N) is 1. The third-order valence-corrected chi connectivity index (χ3v) is 9.92. The summed E-state index contributed by atoms with van der Waals surface area (Å²) in [7, 11) is 0. The van der Waals surface area contributed by atoms with E-state index >= 15 is 0 Å². The zero-order valence-corrected chi connectivity index (χ0v) is 25.6. The molecule has 0 bridgehead atoms. The SMILES string of the molecule is c1ccc(-c2c3ccccc3c(-c3ccc(N4c5ccccc5B5c6ccccc6Oc6cccc4c65)cc3)c3ccccc23)cc1. The first-order valence-electron chi connectivity index (χ1n) is 16.2. The maximum Gasteiger partial charge on any atom is 0.256 e. The molecule has 2 aliphatic rings. The summed E-state index contributed by atoms with van der Waals surface area (Å²) < 4.78 is 6.50. The van der Waals surface area contributed by atoms with E-state index in [-0.39, 0.29) is 6.71 Å². The average Bonchev–Trinajstić information content (AvgIpc) is 3.14. The molecule has 47 heavy (non-hydrogen) atoms. The third kappa shape index (κ3) is 3.87. The van der Waals surface area contributed by atoms with Gasteiger partial charge >= 0.3 is 0 Å². The Labute approximate surface area is 274 Å². The van der Waals surface area contributed by atoms with Gasteiger partial charge in [-0.1, -0.05) is 133 Å². The number of ether oxygens (including phenoxy) is 1. The molecule has 0 saturated heterocycles. The molecule has 0 radical (unpaired) electrons. The highest BCUT2D eigenvalue weighted by molar-refractivity contribution is 6.99. The van der Waals surface area contributed by atoms with Gasteiger partial charge in [-0.25, -0.2) is 0 Å². The summed E-state index contributed by atoms with van der Waals surface area (Å²) >= 11 is 0. The second kappa shape index (κ2) is 10.2. The van der Waals surface area contributed by atoms with Crippen LogP contribution in [0.25, 0.3) is 43.8 Å². The normalized spacial score (nSPS) is 12.8. The van der Waals surface area contributed by atoms with Crippen LogP contribution < -0.4 is 26.0 Å². The van der Waals surface area contributed by atoms with E-state index in [9.17, 15) is 0 Å². The van der Waals surface area contributed by atoms with Crippen molar-refractivity contribution in [3.8, 4) is 33.8 Å². The fourth-order valence-electron chi connectivity index (χ4n) is 7.99. The second-order valence-corrected chi connectivity index (χ2v) is 12.4. The largest absolute Gasteiger partial charge is 0.458 e. The molecule has 0 aliphatic carbocycles. The highest BCUT2D eigenvalue weighted by Gasteiger charge is 2.41. The van der Waals surface area contributed by atoms with E-state index in [1.807, 2.05) is 0 Å². The molecule has 2 nitrogen and oxygen atoms in total. The van der Waals surface area contributed by atoms with Crippen LogP contribution in [0.3, 0.4) is 0 Å². The van der Waals surface area contributed by atoms with Gasteiger partial charge in [-0.05, 0) is 96.6 Å². The topological polar surface area (TPSA) is 12.5 Å². The minimum Gasteiger partial charge on any atom is -0.458 e. The second-order valence-electron chi connectivity index (χ2n) is 12.4. The lowest BCUT2D eigenvalue weighted by Gasteiger charge is -2.39.